The second-order valence-electron chi connectivity index (χ2n) is 5.40. The van der Waals surface area contributed by atoms with Gasteiger partial charge in [0.05, 0.1) is 11.9 Å². The minimum absolute atomic E-state index is 0.143. The van der Waals surface area contributed by atoms with Crippen LogP contribution < -0.4 is 5.32 Å². The van der Waals surface area contributed by atoms with E-state index in [4.69, 9.17) is 5.11 Å². The van der Waals surface area contributed by atoms with Gasteiger partial charge in [-0.05, 0) is 18.8 Å². The standard InChI is InChI=1S/C13H20N4O3/c1-9(2)11-4-3-5-17(11)13(20)15-10-6-14-16(7-10)8-12(18)19/h6-7,9,11H,3-5,8H2,1-2H3,(H,15,20)(H,18,19). The van der Waals surface area contributed by atoms with Gasteiger partial charge >= 0.3 is 12.0 Å². The van der Waals surface area contributed by atoms with E-state index in [1.54, 1.807) is 0 Å². The predicted molar refractivity (Wildman–Crippen MR) is 73.4 cm³/mol. The summed E-state index contributed by atoms with van der Waals surface area (Å²) >= 11 is 0. The molecule has 1 aliphatic heterocycles. The lowest BCUT2D eigenvalue weighted by Gasteiger charge is -2.27. The van der Waals surface area contributed by atoms with E-state index in [2.05, 4.69) is 24.3 Å². The number of aliphatic carboxylic acids is 1. The molecule has 1 unspecified atom stereocenters. The minimum atomic E-state index is -0.967. The summed E-state index contributed by atoms with van der Waals surface area (Å²) in [4.78, 5) is 24.6. The first-order valence-electron chi connectivity index (χ1n) is 6.79. The van der Waals surface area contributed by atoms with E-state index in [-0.39, 0.29) is 18.6 Å². The fourth-order valence-corrected chi connectivity index (χ4v) is 2.59. The van der Waals surface area contributed by atoms with Crippen molar-refractivity contribution < 1.29 is 14.7 Å². The number of carboxylic acid groups (broad SMARTS) is 1. The summed E-state index contributed by atoms with van der Waals surface area (Å²) < 4.78 is 1.28. The molecule has 7 heteroatoms. The Morgan fingerprint density at radius 3 is 2.95 bits per heavy atom. The number of carboxylic acids is 1. The number of urea groups is 1. The van der Waals surface area contributed by atoms with Crippen molar-refractivity contribution in [2.45, 2.75) is 39.3 Å². The number of nitrogens with zero attached hydrogens (tertiary/aromatic N) is 3. The number of anilines is 1. The smallest absolute Gasteiger partial charge is 0.325 e. The van der Waals surface area contributed by atoms with Crippen LogP contribution in [0.4, 0.5) is 10.5 Å². The van der Waals surface area contributed by atoms with E-state index in [1.807, 2.05) is 4.90 Å². The molecule has 2 N–H and O–H groups in total. The molecule has 0 spiro atoms. The van der Waals surface area contributed by atoms with Crippen LogP contribution in [0.1, 0.15) is 26.7 Å². The Labute approximate surface area is 117 Å². The van der Waals surface area contributed by atoms with Gasteiger partial charge < -0.3 is 15.3 Å². The number of carbonyl (C=O) groups is 2. The van der Waals surface area contributed by atoms with Crippen LogP contribution in [0.3, 0.4) is 0 Å². The number of rotatable bonds is 4. The predicted octanol–water partition coefficient (Wildman–Crippen LogP) is 1.62. The lowest BCUT2D eigenvalue weighted by molar-refractivity contribution is -0.137. The molecule has 1 aromatic rings. The molecule has 2 heterocycles. The van der Waals surface area contributed by atoms with Crippen molar-refractivity contribution >= 4 is 17.7 Å². The maximum Gasteiger partial charge on any atom is 0.325 e. The zero-order chi connectivity index (χ0) is 14.7. The third-order valence-corrected chi connectivity index (χ3v) is 3.51. The maximum atomic E-state index is 12.2. The molecule has 0 saturated carbocycles. The third kappa shape index (κ3) is 3.28. The highest BCUT2D eigenvalue weighted by atomic mass is 16.4. The number of aromatic nitrogens is 2. The molecule has 1 fully saturated rings. The maximum absolute atomic E-state index is 12.2. The van der Waals surface area contributed by atoms with Gasteiger partial charge in [-0.15, -0.1) is 0 Å². The summed E-state index contributed by atoms with van der Waals surface area (Å²) in [6, 6.07) is 0.125. The Kier molecular flexibility index (Phi) is 4.26. The van der Waals surface area contributed by atoms with Gasteiger partial charge in [-0.1, -0.05) is 13.8 Å². The largest absolute Gasteiger partial charge is 0.480 e. The molecule has 0 aromatic carbocycles. The summed E-state index contributed by atoms with van der Waals surface area (Å²) in [5.74, 6) is -0.539. The highest BCUT2D eigenvalue weighted by Gasteiger charge is 2.30. The van der Waals surface area contributed by atoms with Gasteiger partial charge in [-0.25, -0.2) is 4.79 Å². The average molecular weight is 280 g/mol. The van der Waals surface area contributed by atoms with Gasteiger partial charge in [0.2, 0.25) is 0 Å². The van der Waals surface area contributed by atoms with Crippen LogP contribution >= 0.6 is 0 Å². The van der Waals surface area contributed by atoms with E-state index in [9.17, 15) is 9.59 Å². The molecule has 1 atom stereocenters. The van der Waals surface area contributed by atoms with Crippen LogP contribution in [0, 0.1) is 5.92 Å². The Bertz CT molecular complexity index is 498. The van der Waals surface area contributed by atoms with Gasteiger partial charge in [0.15, 0.2) is 0 Å². The second-order valence-corrected chi connectivity index (χ2v) is 5.40. The fraction of sp³-hybridized carbons (Fsp3) is 0.615. The fourth-order valence-electron chi connectivity index (χ4n) is 2.59. The van der Waals surface area contributed by atoms with Crippen LogP contribution in [-0.4, -0.2) is 44.4 Å². The van der Waals surface area contributed by atoms with E-state index in [0.717, 1.165) is 19.4 Å². The molecule has 0 radical (unpaired) electrons. The summed E-state index contributed by atoms with van der Waals surface area (Å²) in [6.45, 7) is 4.77. The molecule has 7 nitrogen and oxygen atoms in total. The van der Waals surface area contributed by atoms with E-state index in [0.29, 0.717) is 11.6 Å². The number of carbonyl (C=O) groups excluding carboxylic acids is 1. The highest BCUT2D eigenvalue weighted by molar-refractivity contribution is 5.89. The lowest BCUT2D eigenvalue weighted by Crippen LogP contribution is -2.41. The normalized spacial score (nSPS) is 18.6. The SMILES string of the molecule is CC(C)C1CCCN1C(=O)Nc1cnn(CC(=O)O)c1. The third-order valence-electron chi connectivity index (χ3n) is 3.51. The number of hydrogen-bond donors (Lipinski definition) is 2. The molecular formula is C13H20N4O3. The molecule has 20 heavy (non-hydrogen) atoms. The summed E-state index contributed by atoms with van der Waals surface area (Å²) in [5.41, 5.74) is 0.519. The zero-order valence-electron chi connectivity index (χ0n) is 11.7. The Hall–Kier alpha value is -2.05. The highest BCUT2D eigenvalue weighted by Crippen LogP contribution is 2.24. The lowest BCUT2D eigenvalue weighted by atomic mass is 10.0. The Morgan fingerprint density at radius 2 is 2.30 bits per heavy atom. The molecular weight excluding hydrogens is 260 g/mol. The summed E-state index contributed by atoms with van der Waals surface area (Å²) in [7, 11) is 0. The first-order valence-corrected chi connectivity index (χ1v) is 6.79. The Balaban J connectivity index is 1.97. The Morgan fingerprint density at radius 1 is 1.55 bits per heavy atom. The number of amides is 2. The average Bonchev–Trinajstić information content (AvgIpc) is 2.96. The molecule has 0 bridgehead atoms. The van der Waals surface area contributed by atoms with Gasteiger partial charge in [0.1, 0.15) is 6.54 Å². The van der Waals surface area contributed by atoms with Crippen molar-refractivity contribution in [3.63, 3.8) is 0 Å². The second kappa shape index (κ2) is 5.94. The van der Waals surface area contributed by atoms with E-state index >= 15 is 0 Å². The van der Waals surface area contributed by atoms with Gasteiger partial charge in [0.25, 0.3) is 0 Å². The van der Waals surface area contributed by atoms with Crippen molar-refractivity contribution in [3.05, 3.63) is 12.4 Å². The first kappa shape index (κ1) is 14.4. The molecule has 1 aromatic heterocycles. The van der Waals surface area contributed by atoms with Crippen molar-refractivity contribution in [2.24, 2.45) is 5.92 Å². The minimum Gasteiger partial charge on any atom is -0.480 e. The molecule has 2 rings (SSSR count). The molecule has 1 aliphatic rings. The van der Waals surface area contributed by atoms with E-state index < -0.39 is 5.97 Å². The quantitative estimate of drug-likeness (QED) is 0.877. The molecule has 2 amide bonds. The van der Waals surface area contributed by atoms with E-state index in [1.165, 1.54) is 17.1 Å². The topological polar surface area (TPSA) is 87.5 Å². The monoisotopic (exact) mass is 280 g/mol. The first-order chi connectivity index (χ1) is 9.47. The van der Waals surface area contributed by atoms with Crippen LogP contribution in [0.2, 0.25) is 0 Å². The van der Waals surface area contributed by atoms with Gasteiger partial charge in [0, 0.05) is 18.8 Å². The number of likely N-dealkylation sites (tertiary alicyclic amines) is 1. The molecule has 1 saturated heterocycles. The van der Waals surface area contributed by atoms with Gasteiger partial charge in [-0.3, -0.25) is 9.48 Å². The number of hydrogen-bond acceptors (Lipinski definition) is 3. The van der Waals surface area contributed by atoms with Crippen molar-refractivity contribution in [3.8, 4) is 0 Å². The van der Waals surface area contributed by atoms with Gasteiger partial charge in [-0.2, -0.15) is 5.10 Å². The molecule has 0 aliphatic carbocycles. The zero-order valence-corrected chi connectivity index (χ0v) is 11.7. The van der Waals surface area contributed by atoms with Crippen LogP contribution in [0.15, 0.2) is 12.4 Å². The van der Waals surface area contributed by atoms with Crippen molar-refractivity contribution in [2.75, 3.05) is 11.9 Å². The number of nitrogens with one attached hydrogen (secondary N) is 1. The van der Waals surface area contributed by atoms with Crippen molar-refractivity contribution in [1.82, 2.24) is 14.7 Å². The molecule has 110 valence electrons. The van der Waals surface area contributed by atoms with Crippen molar-refractivity contribution in [1.29, 1.82) is 0 Å². The van der Waals surface area contributed by atoms with Crippen LogP contribution in [0.25, 0.3) is 0 Å². The summed E-state index contributed by atoms with van der Waals surface area (Å²) in [5, 5.41) is 15.3. The van der Waals surface area contributed by atoms with Crippen LogP contribution in [0.5, 0.6) is 0 Å². The summed E-state index contributed by atoms with van der Waals surface area (Å²) in [6.07, 6.45) is 5.03. The van der Waals surface area contributed by atoms with Crippen LogP contribution in [-0.2, 0) is 11.3 Å².